The van der Waals surface area contributed by atoms with Crippen molar-refractivity contribution >= 4 is 17.2 Å². The van der Waals surface area contributed by atoms with Gasteiger partial charge >= 0.3 is 0 Å². The van der Waals surface area contributed by atoms with Gasteiger partial charge in [-0.1, -0.05) is 20.8 Å². The summed E-state index contributed by atoms with van der Waals surface area (Å²) < 4.78 is 5.04. The van der Waals surface area contributed by atoms with Gasteiger partial charge in [0, 0.05) is 45.2 Å². The molecule has 1 amide bonds. The number of thiazole rings is 1. The molecule has 0 bridgehead atoms. The second-order valence-electron chi connectivity index (χ2n) is 7.03. The van der Waals surface area contributed by atoms with Crippen molar-refractivity contribution in [3.05, 3.63) is 16.1 Å². The van der Waals surface area contributed by atoms with Crippen LogP contribution in [0.3, 0.4) is 0 Å². The number of nitrogens with zero attached hydrogens (tertiary/aromatic N) is 3. The number of rotatable bonds is 5. The van der Waals surface area contributed by atoms with Gasteiger partial charge in [0.15, 0.2) is 0 Å². The van der Waals surface area contributed by atoms with Gasteiger partial charge in [-0.05, 0) is 5.41 Å². The van der Waals surface area contributed by atoms with Crippen molar-refractivity contribution in [3.8, 4) is 0 Å². The Balaban J connectivity index is 1.84. The maximum absolute atomic E-state index is 12.5. The topological polar surface area (TPSA) is 65.9 Å². The zero-order chi connectivity index (χ0) is 17.0. The summed E-state index contributed by atoms with van der Waals surface area (Å²) in [4.78, 5) is 20.8. The van der Waals surface area contributed by atoms with E-state index in [0.29, 0.717) is 31.9 Å². The Labute approximate surface area is 142 Å². The van der Waals surface area contributed by atoms with Crippen molar-refractivity contribution in [1.29, 1.82) is 0 Å². The van der Waals surface area contributed by atoms with Gasteiger partial charge < -0.3 is 14.7 Å². The lowest BCUT2D eigenvalue weighted by Gasteiger charge is -2.37. The molecular weight excluding hydrogens is 314 g/mol. The molecule has 1 saturated heterocycles. The number of aliphatic hydroxyl groups excluding tert-OH is 1. The molecule has 1 N–H and O–H groups in total. The first-order chi connectivity index (χ1) is 10.8. The maximum Gasteiger partial charge on any atom is 0.273 e. The van der Waals surface area contributed by atoms with E-state index >= 15 is 0 Å². The largest absolute Gasteiger partial charge is 0.391 e. The van der Waals surface area contributed by atoms with Gasteiger partial charge in [-0.3, -0.25) is 9.69 Å². The molecule has 1 fully saturated rings. The molecule has 23 heavy (non-hydrogen) atoms. The SMILES string of the molecule is COCc1nc(C(=O)N2CCN(C[C@H](O)C(C)(C)C)CC2)cs1. The van der Waals surface area contributed by atoms with Gasteiger partial charge in [-0.25, -0.2) is 4.98 Å². The number of carbonyl (C=O) groups is 1. The van der Waals surface area contributed by atoms with Crippen LogP contribution in [0.15, 0.2) is 5.38 Å². The van der Waals surface area contributed by atoms with E-state index in [2.05, 4.69) is 9.88 Å². The molecule has 1 atom stereocenters. The summed E-state index contributed by atoms with van der Waals surface area (Å²) in [5.41, 5.74) is 0.385. The van der Waals surface area contributed by atoms with Gasteiger partial charge in [-0.15, -0.1) is 11.3 Å². The summed E-state index contributed by atoms with van der Waals surface area (Å²) >= 11 is 1.45. The fourth-order valence-electron chi connectivity index (χ4n) is 2.41. The molecule has 130 valence electrons. The van der Waals surface area contributed by atoms with E-state index < -0.39 is 0 Å². The normalized spacial score (nSPS) is 18.2. The summed E-state index contributed by atoms with van der Waals surface area (Å²) in [6.07, 6.45) is -0.361. The molecule has 0 spiro atoms. The van der Waals surface area contributed by atoms with Crippen molar-refractivity contribution in [2.24, 2.45) is 5.41 Å². The molecular formula is C16H27N3O3S. The number of hydrogen-bond acceptors (Lipinski definition) is 6. The zero-order valence-electron chi connectivity index (χ0n) is 14.4. The minimum Gasteiger partial charge on any atom is -0.391 e. The Morgan fingerprint density at radius 1 is 1.39 bits per heavy atom. The third-order valence-corrected chi connectivity index (χ3v) is 4.95. The predicted octanol–water partition coefficient (Wildman–Crippen LogP) is 1.45. The first kappa shape index (κ1) is 18.3. The average Bonchev–Trinajstić information content (AvgIpc) is 2.95. The molecule has 2 heterocycles. The summed E-state index contributed by atoms with van der Waals surface area (Å²) in [6, 6.07) is 0. The van der Waals surface area contributed by atoms with Crippen molar-refractivity contribution < 1.29 is 14.6 Å². The van der Waals surface area contributed by atoms with E-state index in [9.17, 15) is 9.90 Å². The van der Waals surface area contributed by atoms with E-state index in [1.807, 2.05) is 25.7 Å². The van der Waals surface area contributed by atoms with Crippen LogP contribution in [0.25, 0.3) is 0 Å². The standard InChI is InChI=1S/C16H27N3O3S/c1-16(2,3)13(20)9-18-5-7-19(8-6-18)15(21)12-11-23-14(17-12)10-22-4/h11,13,20H,5-10H2,1-4H3/t13-/m0/s1. The third kappa shape index (κ3) is 4.97. The highest BCUT2D eigenvalue weighted by Crippen LogP contribution is 2.20. The van der Waals surface area contributed by atoms with E-state index in [4.69, 9.17) is 4.74 Å². The lowest BCUT2D eigenvalue weighted by Crippen LogP contribution is -2.51. The van der Waals surface area contributed by atoms with Crippen molar-refractivity contribution in [2.45, 2.75) is 33.5 Å². The van der Waals surface area contributed by atoms with Crippen LogP contribution in [0, 0.1) is 5.41 Å². The molecule has 0 aromatic carbocycles. The fraction of sp³-hybridized carbons (Fsp3) is 0.750. The lowest BCUT2D eigenvalue weighted by molar-refractivity contribution is 0.0136. The highest BCUT2D eigenvalue weighted by atomic mass is 32.1. The van der Waals surface area contributed by atoms with Crippen molar-refractivity contribution in [2.75, 3.05) is 39.8 Å². The number of hydrogen-bond donors (Lipinski definition) is 1. The van der Waals surface area contributed by atoms with E-state index in [0.717, 1.165) is 18.1 Å². The third-order valence-electron chi connectivity index (χ3n) is 4.13. The van der Waals surface area contributed by atoms with E-state index in [1.165, 1.54) is 11.3 Å². The van der Waals surface area contributed by atoms with Gasteiger partial charge in [0.1, 0.15) is 10.7 Å². The Kier molecular flexibility index (Phi) is 6.13. The van der Waals surface area contributed by atoms with Crippen molar-refractivity contribution in [1.82, 2.24) is 14.8 Å². The number of methoxy groups -OCH3 is 1. The highest BCUT2D eigenvalue weighted by Gasteiger charge is 2.28. The average molecular weight is 341 g/mol. The number of aliphatic hydroxyl groups is 1. The number of piperazine rings is 1. The molecule has 2 rings (SSSR count). The summed E-state index contributed by atoms with van der Waals surface area (Å²) in [5.74, 6) is -0.0142. The van der Waals surface area contributed by atoms with Gasteiger partial charge in [0.2, 0.25) is 0 Å². The first-order valence-corrected chi connectivity index (χ1v) is 8.82. The molecule has 0 unspecified atom stereocenters. The van der Waals surface area contributed by atoms with Gasteiger partial charge in [0.25, 0.3) is 5.91 Å². The van der Waals surface area contributed by atoms with E-state index in [1.54, 1.807) is 12.5 Å². The Bertz CT molecular complexity index is 519. The van der Waals surface area contributed by atoms with Crippen LogP contribution >= 0.6 is 11.3 Å². The molecule has 0 saturated carbocycles. The molecule has 0 radical (unpaired) electrons. The summed E-state index contributed by atoms with van der Waals surface area (Å²) in [5, 5.41) is 12.8. The van der Waals surface area contributed by atoms with Crippen molar-refractivity contribution in [3.63, 3.8) is 0 Å². The van der Waals surface area contributed by atoms with Crippen LogP contribution in [0.2, 0.25) is 0 Å². The van der Waals surface area contributed by atoms with Crippen LogP contribution < -0.4 is 0 Å². The monoisotopic (exact) mass is 341 g/mol. The summed E-state index contributed by atoms with van der Waals surface area (Å²) in [7, 11) is 1.62. The molecule has 7 heteroatoms. The number of aromatic nitrogens is 1. The Morgan fingerprint density at radius 2 is 2.04 bits per heavy atom. The maximum atomic E-state index is 12.5. The summed E-state index contributed by atoms with van der Waals surface area (Å²) in [6.45, 7) is 10.1. The van der Waals surface area contributed by atoms with Crippen LogP contribution in [0.5, 0.6) is 0 Å². The number of ether oxygens (including phenoxy) is 1. The molecule has 0 aliphatic carbocycles. The minimum atomic E-state index is -0.361. The minimum absolute atomic E-state index is 0.0142. The van der Waals surface area contributed by atoms with Crippen LogP contribution in [-0.2, 0) is 11.3 Å². The molecule has 1 aliphatic heterocycles. The van der Waals surface area contributed by atoms with Crippen LogP contribution in [0.4, 0.5) is 0 Å². The fourth-order valence-corrected chi connectivity index (χ4v) is 3.15. The molecule has 1 aliphatic rings. The Morgan fingerprint density at radius 3 is 2.61 bits per heavy atom. The Hall–Kier alpha value is -1.02. The first-order valence-electron chi connectivity index (χ1n) is 7.94. The number of amides is 1. The second kappa shape index (κ2) is 7.70. The van der Waals surface area contributed by atoms with Crippen LogP contribution in [0.1, 0.15) is 36.3 Å². The lowest BCUT2D eigenvalue weighted by atomic mass is 9.89. The highest BCUT2D eigenvalue weighted by molar-refractivity contribution is 7.09. The quantitative estimate of drug-likeness (QED) is 0.878. The van der Waals surface area contributed by atoms with Crippen LogP contribution in [-0.4, -0.2) is 71.7 Å². The predicted molar refractivity (Wildman–Crippen MR) is 90.6 cm³/mol. The second-order valence-corrected chi connectivity index (χ2v) is 7.98. The van der Waals surface area contributed by atoms with Gasteiger partial charge in [-0.2, -0.15) is 0 Å². The molecule has 1 aromatic rings. The zero-order valence-corrected chi connectivity index (χ0v) is 15.2. The smallest absolute Gasteiger partial charge is 0.273 e. The van der Waals surface area contributed by atoms with E-state index in [-0.39, 0.29) is 17.4 Å². The van der Waals surface area contributed by atoms with Gasteiger partial charge in [0.05, 0.1) is 12.7 Å². The molecule has 1 aromatic heterocycles. The number of β-amino-alcohol motifs (C(OH)–C–C–N with tert-alkyl or cyclic N) is 1. The number of carbonyl (C=O) groups excluding carboxylic acids is 1. The molecule has 6 nitrogen and oxygen atoms in total.